The van der Waals surface area contributed by atoms with Gasteiger partial charge in [-0.2, -0.15) is 0 Å². The van der Waals surface area contributed by atoms with Crippen LogP contribution in [0, 0.1) is 0 Å². The van der Waals surface area contributed by atoms with Gasteiger partial charge in [0, 0.05) is 22.3 Å². The van der Waals surface area contributed by atoms with Gasteiger partial charge in [0.1, 0.15) is 34.8 Å². The quantitative estimate of drug-likeness (QED) is 0.0862. The Labute approximate surface area is 335 Å². The number of hydrogen-bond acceptors (Lipinski definition) is 6. The molecule has 0 aromatic heterocycles. The molecule has 298 valence electrons. The van der Waals surface area contributed by atoms with Crippen LogP contribution >= 0.6 is 0 Å². The van der Waals surface area contributed by atoms with E-state index in [0.717, 1.165) is 70.6 Å². The van der Waals surface area contributed by atoms with E-state index in [4.69, 9.17) is 18.9 Å². The van der Waals surface area contributed by atoms with Crippen LogP contribution in [-0.2, 0) is 31.2 Å². The summed E-state index contributed by atoms with van der Waals surface area (Å²) in [5.41, 5.74) is 7.86. The van der Waals surface area contributed by atoms with Crippen molar-refractivity contribution in [2.45, 2.75) is 142 Å². The van der Waals surface area contributed by atoms with Crippen molar-refractivity contribution in [1.82, 2.24) is 0 Å². The summed E-state index contributed by atoms with van der Waals surface area (Å²) >= 11 is 0. The van der Waals surface area contributed by atoms with Gasteiger partial charge in [-0.25, -0.2) is 0 Å². The molecule has 0 saturated carbocycles. The highest BCUT2D eigenvalue weighted by molar-refractivity contribution is 5.91. The fourth-order valence-corrected chi connectivity index (χ4v) is 7.59. The summed E-state index contributed by atoms with van der Waals surface area (Å²) < 4.78 is 24.0. The summed E-state index contributed by atoms with van der Waals surface area (Å²) in [5, 5.41) is 0. The monoisotopic (exact) mass is 758 g/mol. The van der Waals surface area contributed by atoms with Crippen LogP contribution in [0.2, 0.25) is 0 Å². The van der Waals surface area contributed by atoms with E-state index >= 15 is 0 Å². The molecule has 2 aliphatic heterocycles. The van der Waals surface area contributed by atoms with E-state index in [9.17, 15) is 9.59 Å². The molecule has 0 bridgehead atoms. The van der Waals surface area contributed by atoms with Crippen LogP contribution in [0.1, 0.15) is 165 Å². The highest BCUT2D eigenvalue weighted by Crippen LogP contribution is 2.49. The predicted octanol–water partition coefficient (Wildman–Crippen LogP) is 12.0. The number of unbranched alkanes of at least 4 members (excludes halogenated alkanes) is 3. The fraction of sp³-hybridized carbons (Fsp3) is 0.480. The molecule has 0 N–H and O–H groups in total. The number of esters is 2. The first kappa shape index (κ1) is 41.1. The Morgan fingerprint density at radius 2 is 0.804 bits per heavy atom. The van der Waals surface area contributed by atoms with Crippen molar-refractivity contribution in [2.75, 3.05) is 13.2 Å². The highest BCUT2D eigenvalue weighted by Gasteiger charge is 2.41. The fourth-order valence-electron chi connectivity index (χ4n) is 7.59. The number of carbonyl (C=O) groups is 2. The number of carbonyl (C=O) groups excluding carboxylic acids is 2. The standard InChI is InChI=1S/C50H62O6/c1-47(2,3)33-27-37-41(45(51)55-43(37)39(29-33)49(7,8)9)31-17-21-35(22-18-31)53-25-15-13-14-16-26-54-36-23-19-32(20-24-36)42-38-28-34(48(4,5)6)30-40(50(10,11)12)44(38)56-46(42)52/h17-24,27-30,41-42H,13-16,25-26H2,1-12H3. The number of rotatable bonds is 11. The lowest BCUT2D eigenvalue weighted by molar-refractivity contribution is -0.134. The van der Waals surface area contributed by atoms with Crippen LogP contribution in [0.4, 0.5) is 0 Å². The molecule has 2 unspecified atom stereocenters. The van der Waals surface area contributed by atoms with Crippen molar-refractivity contribution in [2.24, 2.45) is 0 Å². The topological polar surface area (TPSA) is 71.1 Å². The summed E-state index contributed by atoms with van der Waals surface area (Å²) in [4.78, 5) is 26.5. The van der Waals surface area contributed by atoms with E-state index < -0.39 is 11.8 Å². The van der Waals surface area contributed by atoms with Crippen LogP contribution in [0.15, 0.2) is 72.8 Å². The van der Waals surface area contributed by atoms with Gasteiger partial charge in [0.05, 0.1) is 13.2 Å². The van der Waals surface area contributed by atoms with Gasteiger partial charge in [0.2, 0.25) is 0 Å². The molecule has 4 aromatic rings. The van der Waals surface area contributed by atoms with Gasteiger partial charge in [-0.3, -0.25) is 9.59 Å². The second-order valence-electron chi connectivity index (χ2n) is 19.8. The summed E-state index contributed by atoms with van der Waals surface area (Å²) in [5.74, 6) is 1.68. The van der Waals surface area contributed by atoms with Crippen molar-refractivity contribution >= 4 is 11.9 Å². The Balaban J connectivity index is 0.970. The zero-order valence-corrected chi connectivity index (χ0v) is 35.8. The number of hydrogen-bond donors (Lipinski definition) is 0. The molecule has 2 atom stereocenters. The molecular formula is C50H62O6. The minimum absolute atomic E-state index is 0.0554. The number of ether oxygens (including phenoxy) is 4. The van der Waals surface area contributed by atoms with Gasteiger partial charge in [-0.1, -0.05) is 132 Å². The second kappa shape index (κ2) is 15.4. The van der Waals surface area contributed by atoms with Crippen LogP contribution in [-0.4, -0.2) is 25.2 Å². The zero-order chi connectivity index (χ0) is 40.8. The van der Waals surface area contributed by atoms with E-state index in [2.05, 4.69) is 107 Å². The second-order valence-corrected chi connectivity index (χ2v) is 19.8. The van der Waals surface area contributed by atoms with Gasteiger partial charge in [-0.05, 0) is 93.9 Å². The molecule has 6 rings (SSSR count). The van der Waals surface area contributed by atoms with Crippen molar-refractivity contribution < 1.29 is 28.5 Å². The lowest BCUT2D eigenvalue weighted by Gasteiger charge is -2.27. The molecule has 0 spiro atoms. The summed E-state index contributed by atoms with van der Waals surface area (Å²) in [6.45, 7) is 27.5. The largest absolute Gasteiger partial charge is 0.494 e. The molecule has 6 nitrogen and oxygen atoms in total. The van der Waals surface area contributed by atoms with E-state index in [-0.39, 0.29) is 33.6 Å². The minimum atomic E-state index is -0.449. The third-order valence-electron chi connectivity index (χ3n) is 11.1. The lowest BCUT2D eigenvalue weighted by atomic mass is 9.77. The van der Waals surface area contributed by atoms with Crippen LogP contribution in [0.25, 0.3) is 0 Å². The summed E-state index contributed by atoms with van der Waals surface area (Å²) in [6, 6.07) is 24.5. The molecule has 56 heavy (non-hydrogen) atoms. The van der Waals surface area contributed by atoms with Crippen molar-refractivity contribution in [1.29, 1.82) is 0 Å². The molecule has 0 aliphatic carbocycles. The van der Waals surface area contributed by atoms with Crippen molar-refractivity contribution in [3.63, 3.8) is 0 Å². The average Bonchev–Trinajstić information content (AvgIpc) is 3.62. The van der Waals surface area contributed by atoms with E-state index in [0.29, 0.717) is 24.7 Å². The maximum atomic E-state index is 13.3. The maximum absolute atomic E-state index is 13.3. The van der Waals surface area contributed by atoms with Crippen LogP contribution in [0.5, 0.6) is 23.0 Å². The highest BCUT2D eigenvalue weighted by atomic mass is 16.5. The molecule has 6 heteroatoms. The summed E-state index contributed by atoms with van der Waals surface area (Å²) in [6.07, 6.45) is 3.95. The Morgan fingerprint density at radius 3 is 1.11 bits per heavy atom. The number of benzene rings is 4. The molecule has 0 amide bonds. The van der Waals surface area contributed by atoms with E-state index in [1.165, 1.54) is 11.1 Å². The molecule has 2 heterocycles. The summed E-state index contributed by atoms with van der Waals surface area (Å²) in [7, 11) is 0. The van der Waals surface area contributed by atoms with Crippen molar-refractivity contribution in [3.8, 4) is 23.0 Å². The minimum Gasteiger partial charge on any atom is -0.494 e. The molecular weight excluding hydrogens is 697 g/mol. The molecule has 2 aliphatic rings. The van der Waals surface area contributed by atoms with Gasteiger partial charge in [-0.15, -0.1) is 0 Å². The average molecular weight is 759 g/mol. The number of fused-ring (bicyclic) bond motifs is 2. The van der Waals surface area contributed by atoms with Crippen LogP contribution in [0.3, 0.4) is 0 Å². The van der Waals surface area contributed by atoms with Gasteiger partial charge in [0.15, 0.2) is 0 Å². The van der Waals surface area contributed by atoms with Gasteiger partial charge in [0.25, 0.3) is 0 Å². The molecule has 0 radical (unpaired) electrons. The third-order valence-corrected chi connectivity index (χ3v) is 11.1. The Morgan fingerprint density at radius 1 is 0.464 bits per heavy atom. The molecule has 4 aromatic carbocycles. The van der Waals surface area contributed by atoms with Gasteiger partial charge < -0.3 is 18.9 Å². The van der Waals surface area contributed by atoms with E-state index in [1.54, 1.807) is 0 Å². The van der Waals surface area contributed by atoms with Crippen molar-refractivity contribution in [3.05, 3.63) is 117 Å². The predicted molar refractivity (Wildman–Crippen MR) is 225 cm³/mol. The first-order valence-electron chi connectivity index (χ1n) is 20.4. The van der Waals surface area contributed by atoms with Gasteiger partial charge >= 0.3 is 11.9 Å². The first-order chi connectivity index (χ1) is 26.1. The smallest absolute Gasteiger partial charge is 0.323 e. The third kappa shape index (κ3) is 8.85. The first-order valence-corrected chi connectivity index (χ1v) is 20.4. The lowest BCUT2D eigenvalue weighted by Crippen LogP contribution is -2.17. The molecule has 0 fully saturated rings. The maximum Gasteiger partial charge on any atom is 0.323 e. The van der Waals surface area contributed by atoms with E-state index in [1.807, 2.05) is 48.5 Å². The Kier molecular flexibility index (Phi) is 11.3. The Bertz CT molecular complexity index is 1910. The molecule has 0 saturated heterocycles. The zero-order valence-electron chi connectivity index (χ0n) is 35.8. The SMILES string of the molecule is CC(C)(C)c1cc2c(c(C(C)(C)C)c1)OC(=O)C2c1ccc(OCCCCCCOc2ccc(C3C(=O)Oc4c3cc(C(C)(C)C)cc4C(C)(C)C)cc2)cc1. The Hall–Kier alpha value is -4.58. The van der Waals surface area contributed by atoms with Crippen LogP contribution < -0.4 is 18.9 Å². The normalized spacial score (nSPS) is 17.0.